The summed E-state index contributed by atoms with van der Waals surface area (Å²) in [4.78, 5) is 13.9. The normalized spacial score (nSPS) is 15.9. The molecule has 1 fully saturated rings. The van der Waals surface area contributed by atoms with Crippen molar-refractivity contribution in [1.29, 1.82) is 0 Å². The molecule has 2 heteroatoms. The average Bonchev–Trinajstić information content (AvgIpc) is 2.15. The first kappa shape index (κ1) is 10.2. The standard InChI is InChI=1S/C13H17NO/c1-14(2)12-8-6-11(7-9-12)13(15)10-4-3-5-10/h6-10H,3-5H2,1-2H3. The smallest absolute Gasteiger partial charge is 0.165 e. The Morgan fingerprint density at radius 2 is 1.80 bits per heavy atom. The third-order valence-corrected chi connectivity index (χ3v) is 3.14. The fraction of sp³-hybridized carbons (Fsp3) is 0.462. The Kier molecular flexibility index (Phi) is 2.76. The van der Waals surface area contributed by atoms with Crippen LogP contribution in [0.1, 0.15) is 29.6 Å². The van der Waals surface area contributed by atoms with Crippen molar-refractivity contribution in [3.8, 4) is 0 Å². The van der Waals surface area contributed by atoms with Gasteiger partial charge in [0.1, 0.15) is 0 Å². The first-order chi connectivity index (χ1) is 7.18. The molecular weight excluding hydrogens is 186 g/mol. The predicted molar refractivity (Wildman–Crippen MR) is 62.4 cm³/mol. The second-order valence-corrected chi connectivity index (χ2v) is 4.43. The highest BCUT2D eigenvalue weighted by atomic mass is 16.1. The molecule has 0 saturated heterocycles. The Bertz CT molecular complexity index is 349. The van der Waals surface area contributed by atoms with Crippen LogP contribution >= 0.6 is 0 Å². The van der Waals surface area contributed by atoms with E-state index in [0.717, 1.165) is 24.1 Å². The van der Waals surface area contributed by atoms with Crippen molar-refractivity contribution in [3.05, 3.63) is 29.8 Å². The fourth-order valence-electron chi connectivity index (χ4n) is 1.83. The number of ketones is 1. The molecular formula is C13H17NO. The van der Waals surface area contributed by atoms with Gasteiger partial charge in [0.05, 0.1) is 0 Å². The number of hydrogen-bond acceptors (Lipinski definition) is 2. The molecule has 80 valence electrons. The highest BCUT2D eigenvalue weighted by Gasteiger charge is 2.25. The van der Waals surface area contributed by atoms with E-state index in [1.165, 1.54) is 6.42 Å². The summed E-state index contributed by atoms with van der Waals surface area (Å²) in [5.74, 6) is 0.627. The van der Waals surface area contributed by atoms with Crippen molar-refractivity contribution in [1.82, 2.24) is 0 Å². The van der Waals surface area contributed by atoms with Gasteiger partial charge in [-0.2, -0.15) is 0 Å². The summed E-state index contributed by atoms with van der Waals surface area (Å²) < 4.78 is 0. The van der Waals surface area contributed by atoms with Gasteiger partial charge >= 0.3 is 0 Å². The molecule has 0 amide bonds. The highest BCUT2D eigenvalue weighted by molar-refractivity contribution is 5.98. The summed E-state index contributed by atoms with van der Waals surface area (Å²) in [6.45, 7) is 0. The predicted octanol–water partition coefficient (Wildman–Crippen LogP) is 2.74. The maximum atomic E-state index is 11.9. The van der Waals surface area contributed by atoms with Crippen LogP contribution in [0.3, 0.4) is 0 Å². The summed E-state index contributed by atoms with van der Waals surface area (Å²) in [7, 11) is 4.01. The van der Waals surface area contributed by atoms with Gasteiger partial charge in [-0.15, -0.1) is 0 Å². The zero-order valence-electron chi connectivity index (χ0n) is 9.36. The topological polar surface area (TPSA) is 20.3 Å². The number of carbonyl (C=O) groups excluding carboxylic acids is 1. The molecule has 0 bridgehead atoms. The molecule has 15 heavy (non-hydrogen) atoms. The molecule has 1 aliphatic carbocycles. The lowest BCUT2D eigenvalue weighted by Gasteiger charge is -2.24. The summed E-state index contributed by atoms with van der Waals surface area (Å²) in [5.41, 5.74) is 2.01. The maximum absolute atomic E-state index is 11.9. The Balaban J connectivity index is 2.12. The van der Waals surface area contributed by atoms with Gasteiger partial charge in [-0.3, -0.25) is 4.79 Å². The number of benzene rings is 1. The summed E-state index contributed by atoms with van der Waals surface area (Å²) in [5, 5.41) is 0. The molecule has 2 nitrogen and oxygen atoms in total. The molecule has 0 radical (unpaired) electrons. The molecule has 0 N–H and O–H groups in total. The Labute approximate surface area is 90.9 Å². The zero-order valence-corrected chi connectivity index (χ0v) is 9.36. The van der Waals surface area contributed by atoms with Crippen LogP contribution in [0.2, 0.25) is 0 Å². The van der Waals surface area contributed by atoms with Crippen molar-refractivity contribution in [2.24, 2.45) is 5.92 Å². The van der Waals surface area contributed by atoms with Crippen LogP contribution < -0.4 is 4.90 Å². The van der Waals surface area contributed by atoms with Gasteiger partial charge in [-0.1, -0.05) is 6.42 Å². The van der Waals surface area contributed by atoms with Crippen LogP contribution in [0.5, 0.6) is 0 Å². The maximum Gasteiger partial charge on any atom is 0.165 e. The molecule has 1 aromatic carbocycles. The van der Waals surface area contributed by atoms with Gasteiger partial charge in [0.25, 0.3) is 0 Å². The van der Waals surface area contributed by atoms with E-state index < -0.39 is 0 Å². The second kappa shape index (κ2) is 4.05. The minimum Gasteiger partial charge on any atom is -0.378 e. The average molecular weight is 203 g/mol. The first-order valence-corrected chi connectivity index (χ1v) is 5.50. The summed E-state index contributed by atoms with van der Waals surface area (Å²) in [6, 6.07) is 7.89. The number of nitrogens with zero attached hydrogens (tertiary/aromatic N) is 1. The lowest BCUT2D eigenvalue weighted by molar-refractivity contribution is 0.0855. The molecule has 1 saturated carbocycles. The molecule has 1 aromatic rings. The van der Waals surface area contributed by atoms with E-state index in [2.05, 4.69) is 0 Å². The number of Topliss-reactive ketones (excluding diaryl/α,β-unsaturated/α-hetero) is 1. The highest BCUT2D eigenvalue weighted by Crippen LogP contribution is 2.30. The number of rotatable bonds is 3. The van der Waals surface area contributed by atoms with Crippen LogP contribution in [-0.4, -0.2) is 19.9 Å². The zero-order chi connectivity index (χ0) is 10.8. The third-order valence-electron chi connectivity index (χ3n) is 3.14. The summed E-state index contributed by atoms with van der Waals surface area (Å²) >= 11 is 0. The minimum atomic E-state index is 0.301. The second-order valence-electron chi connectivity index (χ2n) is 4.43. The van der Waals surface area contributed by atoms with Crippen LogP contribution in [0, 0.1) is 5.92 Å². The van der Waals surface area contributed by atoms with Gasteiger partial charge in [0, 0.05) is 31.3 Å². The third kappa shape index (κ3) is 2.04. The van der Waals surface area contributed by atoms with Crippen molar-refractivity contribution in [2.75, 3.05) is 19.0 Å². The minimum absolute atomic E-state index is 0.301. The van der Waals surface area contributed by atoms with E-state index in [4.69, 9.17) is 0 Å². The van der Waals surface area contributed by atoms with Gasteiger partial charge in [-0.25, -0.2) is 0 Å². The van der Waals surface area contributed by atoms with Gasteiger partial charge < -0.3 is 4.90 Å². The van der Waals surface area contributed by atoms with Crippen molar-refractivity contribution in [3.63, 3.8) is 0 Å². The van der Waals surface area contributed by atoms with E-state index in [9.17, 15) is 4.79 Å². The molecule has 0 unspecified atom stereocenters. The first-order valence-electron chi connectivity index (χ1n) is 5.50. The van der Waals surface area contributed by atoms with Crippen LogP contribution in [-0.2, 0) is 0 Å². The molecule has 0 atom stereocenters. The quantitative estimate of drug-likeness (QED) is 0.704. The number of hydrogen-bond donors (Lipinski definition) is 0. The molecule has 0 spiro atoms. The SMILES string of the molecule is CN(C)c1ccc(C(=O)C2CCC2)cc1. The number of carbonyl (C=O) groups is 1. The van der Waals surface area contributed by atoms with E-state index in [1.54, 1.807) is 0 Å². The van der Waals surface area contributed by atoms with Crippen molar-refractivity contribution < 1.29 is 4.79 Å². The van der Waals surface area contributed by atoms with Gasteiger partial charge in [0.2, 0.25) is 0 Å². The largest absolute Gasteiger partial charge is 0.378 e. The van der Waals surface area contributed by atoms with E-state index in [1.807, 2.05) is 43.3 Å². The Hall–Kier alpha value is -1.31. The molecule has 0 aliphatic heterocycles. The fourth-order valence-corrected chi connectivity index (χ4v) is 1.83. The van der Waals surface area contributed by atoms with E-state index in [0.29, 0.717) is 11.7 Å². The monoisotopic (exact) mass is 203 g/mol. The van der Waals surface area contributed by atoms with Crippen LogP contribution in [0.4, 0.5) is 5.69 Å². The van der Waals surface area contributed by atoms with Gasteiger partial charge in [0.15, 0.2) is 5.78 Å². The van der Waals surface area contributed by atoms with Crippen LogP contribution in [0.15, 0.2) is 24.3 Å². The lowest BCUT2D eigenvalue weighted by atomic mass is 9.80. The molecule has 2 rings (SSSR count). The Morgan fingerprint density at radius 3 is 2.20 bits per heavy atom. The van der Waals surface area contributed by atoms with Crippen molar-refractivity contribution in [2.45, 2.75) is 19.3 Å². The number of anilines is 1. The van der Waals surface area contributed by atoms with E-state index in [-0.39, 0.29) is 0 Å². The van der Waals surface area contributed by atoms with Crippen LogP contribution in [0.25, 0.3) is 0 Å². The Morgan fingerprint density at radius 1 is 1.20 bits per heavy atom. The molecule has 1 aliphatic rings. The molecule has 0 heterocycles. The van der Waals surface area contributed by atoms with Crippen molar-refractivity contribution >= 4 is 11.5 Å². The lowest BCUT2D eigenvalue weighted by Crippen LogP contribution is -2.21. The van der Waals surface area contributed by atoms with Gasteiger partial charge in [-0.05, 0) is 37.1 Å². The summed E-state index contributed by atoms with van der Waals surface area (Å²) in [6.07, 6.45) is 3.37. The van der Waals surface area contributed by atoms with E-state index >= 15 is 0 Å². The molecule has 0 aromatic heterocycles.